The summed E-state index contributed by atoms with van der Waals surface area (Å²) in [4.78, 5) is 0. The van der Waals surface area contributed by atoms with Crippen molar-refractivity contribution in [1.82, 2.24) is 0 Å². The molecule has 2 rings (SSSR count). The second kappa shape index (κ2) is 3.82. The van der Waals surface area contributed by atoms with Crippen LogP contribution in [0, 0.1) is 12.3 Å². The van der Waals surface area contributed by atoms with Crippen LogP contribution in [0.25, 0.3) is 0 Å². The normalized spacial score (nSPS) is 26.2. The van der Waals surface area contributed by atoms with Gasteiger partial charge in [0.2, 0.25) is 0 Å². The van der Waals surface area contributed by atoms with Crippen LogP contribution in [0.3, 0.4) is 0 Å². The van der Waals surface area contributed by atoms with Crippen LogP contribution in [0.5, 0.6) is 0 Å². The molecule has 0 heterocycles. The maximum Gasteiger partial charge on any atom is 0.0970 e. The Morgan fingerprint density at radius 3 is 2.50 bits per heavy atom. The molecule has 1 aromatic carbocycles. The van der Waals surface area contributed by atoms with Gasteiger partial charge >= 0.3 is 0 Å². The molecule has 1 aliphatic carbocycles. The van der Waals surface area contributed by atoms with E-state index in [0.29, 0.717) is 6.42 Å². The second-order valence-electron chi connectivity index (χ2n) is 7.25. The number of fused-ring (bicyclic) bond motifs is 1. The van der Waals surface area contributed by atoms with E-state index >= 15 is 0 Å². The molecule has 2 nitrogen and oxygen atoms in total. The summed E-state index contributed by atoms with van der Waals surface area (Å²) in [7, 11) is 0. The minimum atomic E-state index is -0.827. The topological polar surface area (TPSA) is 46.2 Å². The lowest BCUT2D eigenvalue weighted by atomic mass is 9.70. The summed E-state index contributed by atoms with van der Waals surface area (Å²) < 4.78 is 0. The molecule has 0 saturated carbocycles. The molecule has 0 amide bonds. The van der Waals surface area contributed by atoms with Gasteiger partial charge in [-0.3, -0.25) is 0 Å². The van der Waals surface area contributed by atoms with Gasteiger partial charge in [-0.25, -0.2) is 0 Å². The summed E-state index contributed by atoms with van der Waals surface area (Å²) in [5.41, 5.74) is 8.32. The Morgan fingerprint density at radius 1 is 1.33 bits per heavy atom. The molecule has 0 saturated heterocycles. The molecule has 1 atom stereocenters. The van der Waals surface area contributed by atoms with Gasteiger partial charge in [-0.2, -0.15) is 0 Å². The third-order valence-electron chi connectivity index (χ3n) is 4.17. The zero-order chi connectivity index (χ0) is 13.8. The van der Waals surface area contributed by atoms with Crippen molar-refractivity contribution in [3.05, 3.63) is 34.9 Å². The second-order valence-corrected chi connectivity index (χ2v) is 7.25. The van der Waals surface area contributed by atoms with Gasteiger partial charge in [0.15, 0.2) is 0 Å². The first kappa shape index (κ1) is 13.6. The van der Waals surface area contributed by atoms with Gasteiger partial charge in [0.25, 0.3) is 0 Å². The van der Waals surface area contributed by atoms with Crippen LogP contribution in [0.15, 0.2) is 18.2 Å². The molecule has 1 aromatic rings. The van der Waals surface area contributed by atoms with E-state index in [9.17, 15) is 5.11 Å². The van der Waals surface area contributed by atoms with Gasteiger partial charge in [0.05, 0.1) is 5.60 Å². The van der Waals surface area contributed by atoms with Crippen molar-refractivity contribution >= 4 is 0 Å². The summed E-state index contributed by atoms with van der Waals surface area (Å²) in [5, 5.41) is 11.3. The Morgan fingerprint density at radius 2 is 1.94 bits per heavy atom. The first-order valence-corrected chi connectivity index (χ1v) is 6.66. The van der Waals surface area contributed by atoms with Crippen LogP contribution in [0.2, 0.25) is 0 Å². The molecule has 0 aromatic heterocycles. The average Bonchev–Trinajstić information content (AvgIpc) is 2.34. The molecule has 0 spiro atoms. The highest BCUT2D eigenvalue weighted by Crippen LogP contribution is 2.53. The van der Waals surface area contributed by atoms with E-state index in [2.05, 4.69) is 39.0 Å². The predicted octanol–water partition coefficient (Wildman–Crippen LogP) is 2.89. The van der Waals surface area contributed by atoms with Crippen molar-refractivity contribution in [2.24, 2.45) is 11.1 Å². The Balaban J connectivity index is 2.55. The Bertz CT molecular complexity index is 470. The van der Waals surface area contributed by atoms with E-state index in [-0.39, 0.29) is 11.0 Å². The molecule has 2 heteroatoms. The lowest BCUT2D eigenvalue weighted by Gasteiger charge is -2.41. The first-order chi connectivity index (χ1) is 8.05. The average molecular weight is 247 g/mol. The number of hydrogen-bond acceptors (Lipinski definition) is 2. The minimum absolute atomic E-state index is 0.167. The fourth-order valence-electron chi connectivity index (χ4n) is 3.21. The van der Waals surface area contributed by atoms with Crippen molar-refractivity contribution in [3.8, 4) is 0 Å². The molecule has 0 aliphatic heterocycles. The molecule has 0 fully saturated rings. The Labute approximate surface area is 110 Å². The van der Waals surface area contributed by atoms with Gasteiger partial charge in [0.1, 0.15) is 0 Å². The molecular weight excluding hydrogens is 222 g/mol. The molecule has 18 heavy (non-hydrogen) atoms. The van der Waals surface area contributed by atoms with Crippen molar-refractivity contribution < 1.29 is 5.11 Å². The number of aliphatic hydroxyl groups is 1. The summed E-state index contributed by atoms with van der Waals surface area (Å²) in [6.07, 6.45) is 1.50. The summed E-state index contributed by atoms with van der Waals surface area (Å²) in [6.45, 7) is 10.3. The fourth-order valence-corrected chi connectivity index (χ4v) is 3.21. The molecule has 1 aliphatic rings. The molecule has 100 valence electrons. The van der Waals surface area contributed by atoms with Crippen molar-refractivity contribution in [3.63, 3.8) is 0 Å². The highest BCUT2D eigenvalue weighted by atomic mass is 16.3. The molecule has 3 N–H and O–H groups in total. The van der Waals surface area contributed by atoms with E-state index in [0.717, 1.165) is 12.0 Å². The van der Waals surface area contributed by atoms with Gasteiger partial charge < -0.3 is 10.8 Å². The number of hydrogen-bond donors (Lipinski definition) is 2. The van der Waals surface area contributed by atoms with Crippen LogP contribution >= 0.6 is 0 Å². The van der Waals surface area contributed by atoms with Crippen molar-refractivity contribution in [2.45, 2.75) is 58.6 Å². The van der Waals surface area contributed by atoms with E-state index in [4.69, 9.17) is 5.73 Å². The fraction of sp³-hybridized carbons (Fsp3) is 0.625. The third kappa shape index (κ3) is 2.08. The number of nitrogens with two attached hydrogens (primary N) is 1. The smallest absolute Gasteiger partial charge is 0.0970 e. The van der Waals surface area contributed by atoms with Crippen molar-refractivity contribution in [1.29, 1.82) is 0 Å². The SMILES string of the molecule is Cc1ccc2c(c1)C(O)(CC(C)(C)N)C(C)(C)C2. The van der Waals surface area contributed by atoms with Crippen LogP contribution in [-0.4, -0.2) is 10.6 Å². The Hall–Kier alpha value is -0.860. The van der Waals surface area contributed by atoms with Crippen LogP contribution in [0.4, 0.5) is 0 Å². The third-order valence-corrected chi connectivity index (χ3v) is 4.17. The zero-order valence-electron chi connectivity index (χ0n) is 12.2. The van der Waals surface area contributed by atoms with E-state index in [1.54, 1.807) is 0 Å². The zero-order valence-corrected chi connectivity index (χ0v) is 12.2. The lowest BCUT2D eigenvalue weighted by Crippen LogP contribution is -2.47. The maximum absolute atomic E-state index is 11.3. The van der Waals surface area contributed by atoms with Gasteiger partial charge in [-0.05, 0) is 44.7 Å². The molecule has 0 bridgehead atoms. The van der Waals surface area contributed by atoms with Crippen molar-refractivity contribution in [2.75, 3.05) is 0 Å². The van der Waals surface area contributed by atoms with Crippen LogP contribution in [-0.2, 0) is 12.0 Å². The van der Waals surface area contributed by atoms with Gasteiger partial charge in [-0.15, -0.1) is 0 Å². The number of aryl methyl sites for hydroxylation is 1. The number of benzene rings is 1. The summed E-state index contributed by atoms with van der Waals surface area (Å²) in [6, 6.07) is 6.39. The highest BCUT2D eigenvalue weighted by Gasteiger charge is 2.52. The summed E-state index contributed by atoms with van der Waals surface area (Å²) >= 11 is 0. The standard InChI is InChI=1S/C16H25NO/c1-11-6-7-12-9-14(2,3)16(18,13(12)8-11)10-15(4,5)17/h6-8,18H,9-10,17H2,1-5H3. The molecule has 1 unspecified atom stereocenters. The van der Waals surface area contributed by atoms with E-state index in [1.165, 1.54) is 11.1 Å². The van der Waals surface area contributed by atoms with Crippen LogP contribution in [0.1, 0.15) is 50.8 Å². The summed E-state index contributed by atoms with van der Waals surface area (Å²) in [5.74, 6) is 0. The van der Waals surface area contributed by atoms with Gasteiger partial charge in [0, 0.05) is 11.0 Å². The van der Waals surface area contributed by atoms with Crippen LogP contribution < -0.4 is 5.73 Å². The highest BCUT2D eigenvalue weighted by molar-refractivity contribution is 5.43. The largest absolute Gasteiger partial charge is 0.385 e. The number of rotatable bonds is 2. The minimum Gasteiger partial charge on any atom is -0.385 e. The molecule has 0 radical (unpaired) electrons. The quantitative estimate of drug-likeness (QED) is 0.844. The first-order valence-electron chi connectivity index (χ1n) is 6.66. The predicted molar refractivity (Wildman–Crippen MR) is 75.4 cm³/mol. The monoisotopic (exact) mass is 247 g/mol. The maximum atomic E-state index is 11.3. The van der Waals surface area contributed by atoms with Gasteiger partial charge in [-0.1, -0.05) is 37.6 Å². The molecular formula is C16H25NO. The van der Waals surface area contributed by atoms with E-state index < -0.39 is 5.60 Å². The Kier molecular flexibility index (Phi) is 2.88. The lowest BCUT2D eigenvalue weighted by molar-refractivity contribution is -0.0782. The van der Waals surface area contributed by atoms with E-state index in [1.807, 2.05) is 13.8 Å².